The van der Waals surface area contributed by atoms with Crippen molar-refractivity contribution in [1.29, 1.82) is 0 Å². The van der Waals surface area contributed by atoms with Gasteiger partial charge in [0.2, 0.25) is 5.91 Å². The molecule has 0 saturated carbocycles. The molecule has 0 aliphatic heterocycles. The third-order valence-electron chi connectivity index (χ3n) is 2.67. The van der Waals surface area contributed by atoms with Crippen LogP contribution in [0, 0.1) is 17.0 Å². The van der Waals surface area contributed by atoms with E-state index in [2.05, 4.69) is 5.32 Å². The van der Waals surface area contributed by atoms with Crippen molar-refractivity contribution in [2.75, 3.05) is 13.7 Å². The monoisotopic (exact) mass is 267 g/mol. The molecule has 0 aliphatic carbocycles. The average molecular weight is 267 g/mol. The predicted molar refractivity (Wildman–Crippen MR) is 70.0 cm³/mol. The van der Waals surface area contributed by atoms with Crippen molar-refractivity contribution in [3.8, 4) is 5.75 Å². The molecule has 7 heteroatoms. The van der Waals surface area contributed by atoms with Gasteiger partial charge in [-0.2, -0.15) is 0 Å². The Bertz CT molecular complexity index is 476. The molecule has 1 aromatic rings. The number of amides is 1. The van der Waals surface area contributed by atoms with Gasteiger partial charge in [-0.3, -0.25) is 14.9 Å². The summed E-state index contributed by atoms with van der Waals surface area (Å²) < 4.78 is 5.37. The lowest BCUT2D eigenvalue weighted by Crippen LogP contribution is -2.40. The van der Waals surface area contributed by atoms with E-state index in [4.69, 9.17) is 10.5 Å². The van der Waals surface area contributed by atoms with Gasteiger partial charge in [-0.05, 0) is 25.6 Å². The molecule has 0 aliphatic rings. The molecule has 19 heavy (non-hydrogen) atoms. The summed E-state index contributed by atoms with van der Waals surface area (Å²) in [5.41, 5.74) is 5.93. The van der Waals surface area contributed by atoms with Gasteiger partial charge >= 0.3 is 5.69 Å². The fourth-order valence-electron chi connectivity index (χ4n) is 1.60. The quantitative estimate of drug-likeness (QED) is 0.559. The Hall–Kier alpha value is -2.15. The zero-order chi connectivity index (χ0) is 14.4. The van der Waals surface area contributed by atoms with Crippen LogP contribution in [0.1, 0.15) is 12.0 Å². The van der Waals surface area contributed by atoms with E-state index in [1.165, 1.54) is 6.07 Å². The Labute approximate surface area is 110 Å². The lowest BCUT2D eigenvalue weighted by Gasteiger charge is -2.13. The van der Waals surface area contributed by atoms with Gasteiger partial charge in [-0.25, -0.2) is 0 Å². The summed E-state index contributed by atoms with van der Waals surface area (Å²) in [5.74, 6) is -0.283. The number of nitro groups is 1. The SMILES string of the molecule is CNC(CCOc1cc(C)ccc1[N+](=O)[O-])C(N)=O. The number of rotatable bonds is 7. The number of hydrogen-bond donors (Lipinski definition) is 2. The molecule has 3 N–H and O–H groups in total. The molecule has 0 spiro atoms. The number of benzene rings is 1. The zero-order valence-corrected chi connectivity index (χ0v) is 10.9. The maximum absolute atomic E-state index is 11.0. The van der Waals surface area contributed by atoms with E-state index in [-0.39, 0.29) is 18.0 Å². The Morgan fingerprint density at radius 3 is 2.79 bits per heavy atom. The summed E-state index contributed by atoms with van der Waals surface area (Å²) in [7, 11) is 1.62. The van der Waals surface area contributed by atoms with Crippen LogP contribution in [-0.4, -0.2) is 30.5 Å². The van der Waals surface area contributed by atoms with Gasteiger partial charge in [0.15, 0.2) is 5.75 Å². The van der Waals surface area contributed by atoms with Crippen LogP contribution in [0.25, 0.3) is 0 Å². The van der Waals surface area contributed by atoms with Crippen LogP contribution in [0.3, 0.4) is 0 Å². The predicted octanol–water partition coefficient (Wildman–Crippen LogP) is 0.745. The fraction of sp³-hybridized carbons (Fsp3) is 0.417. The van der Waals surface area contributed by atoms with Crippen LogP contribution in [0.4, 0.5) is 5.69 Å². The standard InChI is InChI=1S/C12H17N3O4/c1-8-3-4-10(15(17)18)11(7-8)19-6-5-9(14-2)12(13)16/h3-4,7,9,14H,5-6H2,1-2H3,(H2,13,16). The minimum atomic E-state index is -0.510. The summed E-state index contributed by atoms with van der Waals surface area (Å²) in [6.45, 7) is 1.98. The molecule has 104 valence electrons. The number of aryl methyl sites for hydroxylation is 1. The number of nitrogens with zero attached hydrogens (tertiary/aromatic N) is 1. The molecule has 1 aromatic carbocycles. The molecule has 7 nitrogen and oxygen atoms in total. The lowest BCUT2D eigenvalue weighted by atomic mass is 10.2. The zero-order valence-electron chi connectivity index (χ0n) is 10.9. The van der Waals surface area contributed by atoms with E-state index >= 15 is 0 Å². The molecule has 1 atom stereocenters. The second-order valence-corrected chi connectivity index (χ2v) is 4.11. The molecule has 0 radical (unpaired) electrons. The van der Waals surface area contributed by atoms with E-state index in [1.807, 2.05) is 6.92 Å². The minimum Gasteiger partial charge on any atom is -0.487 e. The van der Waals surface area contributed by atoms with E-state index in [9.17, 15) is 14.9 Å². The maximum Gasteiger partial charge on any atom is 0.310 e. The summed E-state index contributed by atoms with van der Waals surface area (Å²) in [4.78, 5) is 21.3. The Kier molecular flexibility index (Phi) is 5.25. The number of ether oxygens (including phenoxy) is 1. The Balaban J connectivity index is 2.69. The second-order valence-electron chi connectivity index (χ2n) is 4.11. The van der Waals surface area contributed by atoms with E-state index < -0.39 is 16.9 Å². The molecule has 0 saturated heterocycles. The number of carbonyl (C=O) groups is 1. The highest BCUT2D eigenvalue weighted by Crippen LogP contribution is 2.27. The fourth-order valence-corrected chi connectivity index (χ4v) is 1.60. The summed E-state index contributed by atoms with van der Waals surface area (Å²) in [5, 5.41) is 13.6. The number of nitrogens with one attached hydrogen (secondary N) is 1. The Morgan fingerprint density at radius 2 is 2.26 bits per heavy atom. The van der Waals surface area contributed by atoms with Crippen molar-refractivity contribution in [3.63, 3.8) is 0 Å². The summed E-state index contributed by atoms with van der Waals surface area (Å²) in [6.07, 6.45) is 0.344. The van der Waals surface area contributed by atoms with Gasteiger partial charge in [0.25, 0.3) is 0 Å². The van der Waals surface area contributed by atoms with Crippen LogP contribution in [0.15, 0.2) is 18.2 Å². The van der Waals surface area contributed by atoms with Crippen molar-refractivity contribution >= 4 is 11.6 Å². The summed E-state index contributed by atoms with van der Waals surface area (Å²) >= 11 is 0. The molecule has 1 unspecified atom stereocenters. The van der Waals surface area contributed by atoms with Crippen LogP contribution >= 0.6 is 0 Å². The van der Waals surface area contributed by atoms with Crippen LogP contribution in [-0.2, 0) is 4.79 Å². The number of hydrogen-bond acceptors (Lipinski definition) is 5. The average Bonchev–Trinajstić information content (AvgIpc) is 2.33. The molecule has 0 bridgehead atoms. The molecular weight excluding hydrogens is 250 g/mol. The first-order valence-corrected chi connectivity index (χ1v) is 5.80. The van der Waals surface area contributed by atoms with E-state index in [0.717, 1.165) is 5.56 Å². The van der Waals surface area contributed by atoms with Crippen molar-refractivity contribution in [2.45, 2.75) is 19.4 Å². The number of nitro benzene ring substituents is 1. The highest BCUT2D eigenvalue weighted by atomic mass is 16.6. The normalized spacial score (nSPS) is 11.9. The van der Waals surface area contributed by atoms with Crippen LogP contribution < -0.4 is 15.8 Å². The van der Waals surface area contributed by atoms with E-state index in [0.29, 0.717) is 6.42 Å². The maximum atomic E-state index is 11.0. The first-order valence-electron chi connectivity index (χ1n) is 5.80. The second kappa shape index (κ2) is 6.69. The van der Waals surface area contributed by atoms with Gasteiger partial charge < -0.3 is 15.8 Å². The van der Waals surface area contributed by atoms with Crippen LogP contribution in [0.2, 0.25) is 0 Å². The highest BCUT2D eigenvalue weighted by Gasteiger charge is 2.17. The van der Waals surface area contributed by atoms with Crippen molar-refractivity contribution in [3.05, 3.63) is 33.9 Å². The molecule has 0 heterocycles. The number of primary amides is 1. The lowest BCUT2D eigenvalue weighted by molar-refractivity contribution is -0.385. The first kappa shape index (κ1) is 14.9. The Morgan fingerprint density at radius 1 is 1.58 bits per heavy atom. The van der Waals surface area contributed by atoms with Gasteiger partial charge in [-0.15, -0.1) is 0 Å². The number of nitrogens with two attached hydrogens (primary N) is 1. The van der Waals surface area contributed by atoms with Crippen molar-refractivity contribution in [2.24, 2.45) is 5.73 Å². The smallest absolute Gasteiger partial charge is 0.310 e. The first-order chi connectivity index (χ1) is 8.95. The third-order valence-corrected chi connectivity index (χ3v) is 2.67. The topological polar surface area (TPSA) is 107 Å². The molecule has 1 rings (SSSR count). The minimum absolute atomic E-state index is 0.0920. The van der Waals surface area contributed by atoms with Gasteiger partial charge in [0.1, 0.15) is 0 Å². The molecular formula is C12H17N3O4. The van der Waals surface area contributed by atoms with Gasteiger partial charge in [0.05, 0.1) is 17.6 Å². The van der Waals surface area contributed by atoms with Gasteiger partial charge in [0, 0.05) is 12.5 Å². The third kappa shape index (κ3) is 4.22. The van der Waals surface area contributed by atoms with E-state index in [1.54, 1.807) is 19.2 Å². The molecule has 1 amide bonds. The summed E-state index contributed by atoms with van der Waals surface area (Å²) in [6, 6.07) is 4.12. The molecule has 0 aromatic heterocycles. The van der Waals surface area contributed by atoms with Crippen molar-refractivity contribution in [1.82, 2.24) is 5.32 Å². The van der Waals surface area contributed by atoms with Crippen LogP contribution in [0.5, 0.6) is 5.75 Å². The van der Waals surface area contributed by atoms with Gasteiger partial charge in [-0.1, -0.05) is 6.07 Å². The largest absolute Gasteiger partial charge is 0.487 e. The number of carbonyl (C=O) groups excluding carboxylic acids is 1. The highest BCUT2D eigenvalue weighted by molar-refractivity contribution is 5.79. The number of likely N-dealkylation sites (N-methyl/N-ethyl adjacent to an activating group) is 1. The molecule has 0 fully saturated rings. The van der Waals surface area contributed by atoms with Crippen molar-refractivity contribution < 1.29 is 14.5 Å².